The Bertz CT molecular complexity index is 1250. The van der Waals surface area contributed by atoms with Gasteiger partial charge in [0.25, 0.3) is 0 Å². The third kappa shape index (κ3) is 4.00. The van der Waals surface area contributed by atoms with E-state index in [1.165, 1.54) is 21.4 Å². The Hall–Kier alpha value is -3.57. The maximum Gasteiger partial charge on any atom is 0.407 e. The molecule has 3 heterocycles. The van der Waals surface area contributed by atoms with Gasteiger partial charge in [0.1, 0.15) is 5.82 Å². The number of hydrogen-bond acceptors (Lipinski definition) is 6. The molecule has 2 aromatic carbocycles. The highest BCUT2D eigenvalue weighted by atomic mass is 35.5. The van der Waals surface area contributed by atoms with Crippen LogP contribution in [0.25, 0.3) is 10.8 Å². The minimum absolute atomic E-state index is 0.138. The van der Waals surface area contributed by atoms with Crippen LogP contribution in [-0.2, 0) is 13.0 Å². The molecule has 33 heavy (non-hydrogen) atoms. The second-order valence-corrected chi connectivity index (χ2v) is 8.69. The zero-order valence-corrected chi connectivity index (χ0v) is 18.7. The Morgan fingerprint density at radius 1 is 1.12 bits per heavy atom. The predicted molar refractivity (Wildman–Crippen MR) is 127 cm³/mol. The number of nitrogens with zero attached hydrogens (tertiary/aromatic N) is 6. The molecule has 1 fully saturated rings. The minimum atomic E-state index is -0.997. The van der Waals surface area contributed by atoms with Gasteiger partial charge in [0.15, 0.2) is 0 Å². The fourth-order valence-corrected chi connectivity index (χ4v) is 5.09. The van der Waals surface area contributed by atoms with Crippen molar-refractivity contribution in [1.29, 1.82) is 5.26 Å². The van der Waals surface area contributed by atoms with Gasteiger partial charge >= 0.3 is 6.09 Å². The van der Waals surface area contributed by atoms with E-state index in [-0.39, 0.29) is 11.7 Å². The lowest BCUT2D eigenvalue weighted by atomic mass is 10.0. The second-order valence-electron chi connectivity index (χ2n) is 8.35. The number of carbonyl (C=O) groups is 1. The Morgan fingerprint density at radius 3 is 2.76 bits per heavy atom. The molecule has 0 bridgehead atoms. The number of hydrogen-bond donors (Lipinski definition) is 1. The molecule has 1 saturated heterocycles. The van der Waals surface area contributed by atoms with E-state index in [4.69, 9.17) is 11.6 Å². The van der Waals surface area contributed by atoms with Crippen molar-refractivity contribution < 1.29 is 9.90 Å². The van der Waals surface area contributed by atoms with Gasteiger partial charge in [-0.3, -0.25) is 0 Å². The van der Waals surface area contributed by atoms with E-state index in [1.54, 1.807) is 0 Å². The average Bonchev–Trinajstić information content (AvgIpc) is 2.82. The van der Waals surface area contributed by atoms with Crippen LogP contribution in [-0.4, -0.2) is 58.3 Å². The van der Waals surface area contributed by atoms with Gasteiger partial charge in [-0.15, -0.1) is 0 Å². The van der Waals surface area contributed by atoms with Crippen molar-refractivity contribution in [3.8, 4) is 6.07 Å². The van der Waals surface area contributed by atoms with Crippen LogP contribution in [0.2, 0.25) is 5.28 Å². The normalized spacial score (nSPS) is 18.2. The van der Waals surface area contributed by atoms with Gasteiger partial charge in [0.2, 0.25) is 5.28 Å². The second kappa shape index (κ2) is 8.75. The fraction of sp³-hybridized carbons (Fsp3) is 0.333. The zero-order chi connectivity index (χ0) is 22.9. The number of amides is 1. The van der Waals surface area contributed by atoms with E-state index >= 15 is 0 Å². The Kier molecular flexibility index (Phi) is 5.65. The highest BCUT2D eigenvalue weighted by Crippen LogP contribution is 2.34. The molecule has 8 nitrogen and oxygen atoms in total. The molecule has 0 spiro atoms. The first-order chi connectivity index (χ1) is 16.0. The average molecular weight is 463 g/mol. The molecular weight excluding hydrogens is 440 g/mol. The fourth-order valence-electron chi connectivity index (χ4n) is 4.91. The van der Waals surface area contributed by atoms with Crippen LogP contribution in [0, 0.1) is 11.3 Å². The van der Waals surface area contributed by atoms with Crippen molar-refractivity contribution in [2.24, 2.45) is 0 Å². The van der Waals surface area contributed by atoms with Crippen molar-refractivity contribution in [2.45, 2.75) is 25.4 Å². The molecule has 1 atom stereocenters. The van der Waals surface area contributed by atoms with Crippen LogP contribution in [0.3, 0.4) is 0 Å². The molecule has 3 aromatic rings. The van der Waals surface area contributed by atoms with Crippen molar-refractivity contribution >= 4 is 40.0 Å². The molecule has 168 valence electrons. The number of aromatic nitrogens is 2. The van der Waals surface area contributed by atoms with E-state index in [2.05, 4.69) is 62.2 Å². The smallest absolute Gasteiger partial charge is 0.407 e. The summed E-state index contributed by atoms with van der Waals surface area (Å²) in [5.41, 5.74) is 3.11. The summed E-state index contributed by atoms with van der Waals surface area (Å²) in [6.07, 6.45) is -0.102. The van der Waals surface area contributed by atoms with Gasteiger partial charge in [-0.1, -0.05) is 36.4 Å². The zero-order valence-electron chi connectivity index (χ0n) is 18.0. The maximum absolute atomic E-state index is 11.6. The minimum Gasteiger partial charge on any atom is -0.465 e. The summed E-state index contributed by atoms with van der Waals surface area (Å²) in [4.78, 5) is 26.4. The lowest BCUT2D eigenvalue weighted by Gasteiger charge is -2.41. The van der Waals surface area contributed by atoms with E-state index in [0.29, 0.717) is 26.2 Å². The van der Waals surface area contributed by atoms with Crippen molar-refractivity contribution in [1.82, 2.24) is 14.9 Å². The first-order valence-electron chi connectivity index (χ1n) is 10.9. The van der Waals surface area contributed by atoms with Gasteiger partial charge in [-0.05, 0) is 29.5 Å². The molecule has 1 N–H and O–H groups in total. The lowest BCUT2D eigenvalue weighted by Crippen LogP contribution is -2.55. The summed E-state index contributed by atoms with van der Waals surface area (Å²) < 4.78 is 0. The largest absolute Gasteiger partial charge is 0.465 e. The van der Waals surface area contributed by atoms with E-state index < -0.39 is 12.1 Å². The summed E-state index contributed by atoms with van der Waals surface area (Å²) >= 11 is 6.34. The van der Waals surface area contributed by atoms with Gasteiger partial charge in [-0.25, -0.2) is 14.8 Å². The van der Waals surface area contributed by atoms with Crippen LogP contribution in [0.4, 0.5) is 16.3 Å². The summed E-state index contributed by atoms with van der Waals surface area (Å²) in [5.74, 6) is 0.760. The molecule has 1 amide bonds. The van der Waals surface area contributed by atoms with Crippen molar-refractivity contribution in [2.75, 3.05) is 36.0 Å². The number of carboxylic acid groups (broad SMARTS) is 1. The highest BCUT2D eigenvalue weighted by molar-refractivity contribution is 6.28. The number of halogens is 1. The predicted octanol–water partition coefficient (Wildman–Crippen LogP) is 3.93. The van der Waals surface area contributed by atoms with E-state index in [9.17, 15) is 15.2 Å². The Labute approximate surface area is 196 Å². The molecule has 5 rings (SSSR count). The van der Waals surface area contributed by atoms with Crippen LogP contribution < -0.4 is 9.80 Å². The summed E-state index contributed by atoms with van der Waals surface area (Å²) in [6, 6.07) is 16.4. The molecule has 0 radical (unpaired) electrons. The first-order valence-corrected chi connectivity index (χ1v) is 11.3. The molecule has 0 unspecified atom stereocenters. The molecule has 1 aromatic heterocycles. The number of rotatable bonds is 3. The third-order valence-corrected chi connectivity index (χ3v) is 6.65. The van der Waals surface area contributed by atoms with Crippen molar-refractivity contribution in [3.63, 3.8) is 0 Å². The highest BCUT2D eigenvalue weighted by Gasteiger charge is 2.33. The maximum atomic E-state index is 11.6. The summed E-state index contributed by atoms with van der Waals surface area (Å²) in [6.45, 7) is 2.67. The molecular formula is C24H23ClN6O2. The topological polar surface area (TPSA) is 96.6 Å². The van der Waals surface area contributed by atoms with Crippen LogP contribution in [0.15, 0.2) is 42.5 Å². The van der Waals surface area contributed by atoms with Gasteiger partial charge in [0.05, 0.1) is 30.8 Å². The molecule has 0 saturated carbocycles. The molecule has 2 aliphatic rings. The van der Waals surface area contributed by atoms with Gasteiger partial charge in [0, 0.05) is 42.8 Å². The molecule has 0 aliphatic carbocycles. The molecule has 9 heteroatoms. The van der Waals surface area contributed by atoms with Gasteiger partial charge in [-0.2, -0.15) is 5.26 Å². The number of anilines is 2. The van der Waals surface area contributed by atoms with E-state index in [1.807, 2.05) is 6.07 Å². The quantitative estimate of drug-likeness (QED) is 0.589. The van der Waals surface area contributed by atoms with Crippen LogP contribution in [0.1, 0.15) is 17.7 Å². The Balaban J connectivity index is 1.45. The number of fused-ring (bicyclic) bond motifs is 2. The number of piperazine rings is 1. The first kappa shape index (κ1) is 21.3. The monoisotopic (exact) mass is 462 g/mol. The lowest BCUT2D eigenvalue weighted by molar-refractivity contribution is 0.119. The van der Waals surface area contributed by atoms with Crippen LogP contribution in [0.5, 0.6) is 0 Å². The van der Waals surface area contributed by atoms with Crippen LogP contribution >= 0.6 is 11.6 Å². The standard InChI is InChI=1S/C24H23ClN6O2/c25-23-27-20-15-29(21-7-3-5-16-4-1-2-6-18(16)21)11-9-19(20)22(28-23)30-12-13-31(24(32)33)17(14-30)8-10-26/h1-7,17H,8-9,11-15H2,(H,32,33)/t17-/m0/s1. The Morgan fingerprint density at radius 2 is 1.94 bits per heavy atom. The van der Waals surface area contributed by atoms with E-state index in [0.717, 1.165) is 30.0 Å². The molecule has 2 aliphatic heterocycles. The van der Waals surface area contributed by atoms with Gasteiger partial charge < -0.3 is 19.8 Å². The SMILES string of the molecule is N#CC[C@H]1CN(c2nc(Cl)nc3c2CCN(c2cccc4ccccc24)C3)CCN1C(=O)O. The number of nitriles is 1. The number of benzene rings is 2. The summed E-state index contributed by atoms with van der Waals surface area (Å²) in [7, 11) is 0. The summed E-state index contributed by atoms with van der Waals surface area (Å²) in [5, 5.41) is 21.2. The third-order valence-electron chi connectivity index (χ3n) is 6.48. The van der Waals surface area contributed by atoms with Crippen molar-refractivity contribution in [3.05, 3.63) is 59.0 Å².